The van der Waals surface area contributed by atoms with Crippen LogP contribution in [-0.2, 0) is 6.54 Å². The van der Waals surface area contributed by atoms with Crippen LogP contribution >= 0.6 is 0 Å². The van der Waals surface area contributed by atoms with Crippen LogP contribution in [0.1, 0.15) is 35.7 Å². The summed E-state index contributed by atoms with van der Waals surface area (Å²) in [5, 5.41) is 15.9. The van der Waals surface area contributed by atoms with Crippen molar-refractivity contribution in [2.24, 2.45) is 0 Å². The highest BCUT2D eigenvalue weighted by atomic mass is 16.5. The minimum Gasteiger partial charge on any atom is -0.495 e. The minimum absolute atomic E-state index is 0.152. The van der Waals surface area contributed by atoms with Crippen LogP contribution in [0, 0.1) is 6.92 Å². The molecule has 0 fully saturated rings. The highest BCUT2D eigenvalue weighted by molar-refractivity contribution is 5.75. The lowest BCUT2D eigenvalue weighted by Gasteiger charge is -2.23. The fourth-order valence-corrected chi connectivity index (χ4v) is 4.55. The van der Waals surface area contributed by atoms with Gasteiger partial charge in [0.1, 0.15) is 5.75 Å². The summed E-state index contributed by atoms with van der Waals surface area (Å²) >= 11 is 0. The van der Waals surface area contributed by atoms with Crippen LogP contribution in [0.4, 0.5) is 5.69 Å². The Kier molecular flexibility index (Phi) is 5.01. The van der Waals surface area contributed by atoms with Crippen LogP contribution < -0.4 is 15.4 Å². The number of hydrogen-bond donors (Lipinski definition) is 2. The van der Waals surface area contributed by atoms with Crippen molar-refractivity contribution in [3.63, 3.8) is 0 Å². The predicted molar refractivity (Wildman–Crippen MR) is 120 cm³/mol. The summed E-state index contributed by atoms with van der Waals surface area (Å²) in [5.41, 5.74) is 8.34. The van der Waals surface area contributed by atoms with Gasteiger partial charge in [-0.1, -0.05) is 35.6 Å². The Morgan fingerprint density at radius 2 is 2.10 bits per heavy atom. The van der Waals surface area contributed by atoms with Gasteiger partial charge in [0.15, 0.2) is 0 Å². The van der Waals surface area contributed by atoms with Crippen molar-refractivity contribution in [3.05, 3.63) is 65.4 Å². The van der Waals surface area contributed by atoms with Gasteiger partial charge in [-0.15, -0.1) is 5.10 Å². The average Bonchev–Trinajstić information content (AvgIpc) is 3.09. The van der Waals surface area contributed by atoms with Gasteiger partial charge in [-0.2, -0.15) is 0 Å². The maximum Gasteiger partial charge on any atom is 0.141 e. The summed E-state index contributed by atoms with van der Waals surface area (Å²) in [6.07, 6.45) is 4.29. The monoisotopic (exact) mass is 401 g/mol. The van der Waals surface area contributed by atoms with Gasteiger partial charge in [-0.3, -0.25) is 0 Å². The number of methoxy groups -OCH3 is 1. The van der Waals surface area contributed by atoms with Crippen LogP contribution in [0.2, 0.25) is 0 Å². The summed E-state index contributed by atoms with van der Waals surface area (Å²) in [4.78, 5) is 0. The Morgan fingerprint density at radius 1 is 1.20 bits per heavy atom. The van der Waals surface area contributed by atoms with Crippen LogP contribution in [-0.4, -0.2) is 35.2 Å². The summed E-state index contributed by atoms with van der Waals surface area (Å²) in [7, 11) is 1.72. The first-order chi connectivity index (χ1) is 14.7. The van der Waals surface area contributed by atoms with E-state index in [1.165, 1.54) is 22.3 Å². The van der Waals surface area contributed by atoms with E-state index < -0.39 is 0 Å². The normalized spacial score (nSPS) is 18.1. The zero-order chi connectivity index (χ0) is 20.5. The molecule has 6 heteroatoms. The molecule has 30 heavy (non-hydrogen) atoms. The molecule has 1 atom stereocenters. The van der Waals surface area contributed by atoms with Crippen molar-refractivity contribution < 1.29 is 4.74 Å². The maximum absolute atomic E-state index is 5.58. The molecule has 1 aromatic heterocycles. The Bertz CT molecular complexity index is 1100. The fourth-order valence-electron chi connectivity index (χ4n) is 4.55. The van der Waals surface area contributed by atoms with Gasteiger partial charge in [-0.05, 0) is 61.2 Å². The first kappa shape index (κ1) is 18.9. The van der Waals surface area contributed by atoms with Crippen molar-refractivity contribution >= 4 is 11.3 Å². The highest BCUT2D eigenvalue weighted by Gasteiger charge is 2.26. The number of benzene rings is 2. The summed E-state index contributed by atoms with van der Waals surface area (Å²) in [5.74, 6) is 0.857. The van der Waals surface area contributed by atoms with E-state index in [4.69, 9.17) is 4.74 Å². The molecule has 6 nitrogen and oxygen atoms in total. The van der Waals surface area contributed by atoms with Crippen molar-refractivity contribution in [2.75, 3.05) is 25.5 Å². The Balaban J connectivity index is 1.61. The lowest BCUT2D eigenvalue weighted by atomic mass is 9.90. The summed E-state index contributed by atoms with van der Waals surface area (Å²) < 4.78 is 7.63. The highest BCUT2D eigenvalue weighted by Crippen LogP contribution is 2.39. The summed E-state index contributed by atoms with van der Waals surface area (Å²) in [6, 6.07) is 15.1. The molecule has 3 aromatic rings. The first-order valence-electron chi connectivity index (χ1n) is 10.6. The second-order valence-corrected chi connectivity index (χ2v) is 7.92. The van der Waals surface area contributed by atoms with Gasteiger partial charge in [0, 0.05) is 18.7 Å². The van der Waals surface area contributed by atoms with Gasteiger partial charge < -0.3 is 15.4 Å². The van der Waals surface area contributed by atoms with Gasteiger partial charge in [0.2, 0.25) is 0 Å². The molecule has 2 aliphatic rings. The van der Waals surface area contributed by atoms with E-state index in [2.05, 4.69) is 51.3 Å². The van der Waals surface area contributed by atoms with Crippen molar-refractivity contribution in [1.82, 2.24) is 20.3 Å². The Hall–Kier alpha value is -3.12. The Labute approximate surface area is 177 Å². The van der Waals surface area contributed by atoms with Gasteiger partial charge in [-0.25, -0.2) is 4.68 Å². The third-order valence-corrected chi connectivity index (χ3v) is 6.09. The van der Waals surface area contributed by atoms with E-state index in [1.807, 2.05) is 29.8 Å². The molecule has 0 bridgehead atoms. The van der Waals surface area contributed by atoms with E-state index in [0.29, 0.717) is 0 Å². The molecule has 0 aliphatic carbocycles. The van der Waals surface area contributed by atoms with E-state index in [1.54, 1.807) is 7.11 Å². The number of nitrogens with one attached hydrogen (secondary N) is 2. The zero-order valence-corrected chi connectivity index (χ0v) is 17.5. The molecule has 0 saturated heterocycles. The Morgan fingerprint density at radius 3 is 2.93 bits per heavy atom. The molecule has 154 valence electrons. The number of aryl methyl sites for hydroxylation is 2. The molecular formula is C24H27N5O. The second kappa shape index (κ2) is 7.95. The van der Waals surface area contributed by atoms with Gasteiger partial charge in [0.05, 0.1) is 30.2 Å². The fraction of sp³-hybridized carbons (Fsp3) is 0.333. The number of hydrogen-bond acceptors (Lipinski definition) is 5. The number of para-hydroxylation sites is 2. The van der Waals surface area contributed by atoms with Crippen LogP contribution in [0.15, 0.2) is 48.5 Å². The molecule has 2 N–H and O–H groups in total. The van der Waals surface area contributed by atoms with Crippen LogP contribution in [0.3, 0.4) is 0 Å². The standard InChI is InChI=1S/C24H27N5O/c1-16-24-19-8-7-18(17-9-12-25-13-10-17)15-20(19)21(11-14-29(24)28-27-16)26-22-5-3-4-6-23(22)30-2/h3-9,15,21,25-26H,10-14H2,1-2H3. The third kappa shape index (κ3) is 3.37. The van der Waals surface area contributed by atoms with E-state index in [9.17, 15) is 0 Å². The summed E-state index contributed by atoms with van der Waals surface area (Å²) in [6.45, 7) is 4.83. The lowest BCUT2D eigenvalue weighted by Crippen LogP contribution is -2.20. The maximum atomic E-state index is 5.58. The van der Waals surface area contributed by atoms with Crippen LogP contribution in [0.25, 0.3) is 16.8 Å². The lowest BCUT2D eigenvalue weighted by molar-refractivity contribution is 0.415. The van der Waals surface area contributed by atoms with Gasteiger partial charge >= 0.3 is 0 Å². The molecule has 5 rings (SSSR count). The average molecular weight is 402 g/mol. The van der Waals surface area contributed by atoms with Crippen molar-refractivity contribution in [2.45, 2.75) is 32.4 Å². The number of anilines is 1. The van der Waals surface area contributed by atoms with Gasteiger partial charge in [0.25, 0.3) is 0 Å². The largest absolute Gasteiger partial charge is 0.495 e. The second-order valence-electron chi connectivity index (χ2n) is 7.92. The van der Waals surface area contributed by atoms with E-state index >= 15 is 0 Å². The number of fused-ring (bicyclic) bond motifs is 3. The van der Waals surface area contributed by atoms with E-state index in [-0.39, 0.29) is 6.04 Å². The first-order valence-corrected chi connectivity index (χ1v) is 10.6. The smallest absolute Gasteiger partial charge is 0.141 e. The number of rotatable bonds is 4. The molecule has 0 amide bonds. The molecule has 3 heterocycles. The number of aromatic nitrogens is 3. The molecule has 2 aromatic carbocycles. The third-order valence-electron chi connectivity index (χ3n) is 6.09. The molecule has 0 spiro atoms. The molecule has 2 aliphatic heterocycles. The topological polar surface area (TPSA) is 64.0 Å². The van der Waals surface area contributed by atoms with Crippen LogP contribution in [0.5, 0.6) is 5.75 Å². The molecule has 0 radical (unpaired) electrons. The zero-order valence-electron chi connectivity index (χ0n) is 17.5. The quantitative estimate of drug-likeness (QED) is 0.686. The van der Waals surface area contributed by atoms with Crippen molar-refractivity contribution in [1.29, 1.82) is 0 Å². The number of nitrogens with zero attached hydrogens (tertiary/aromatic N) is 3. The van der Waals surface area contributed by atoms with Crippen molar-refractivity contribution in [3.8, 4) is 17.0 Å². The predicted octanol–water partition coefficient (Wildman–Crippen LogP) is 4.20. The molecule has 1 unspecified atom stereocenters. The molecule has 0 saturated carbocycles. The minimum atomic E-state index is 0.152. The molecular weight excluding hydrogens is 374 g/mol. The SMILES string of the molecule is COc1ccccc1NC1CCn2nnc(C)c2-c2ccc(C3=CCNCC3)cc21. The van der Waals surface area contributed by atoms with E-state index in [0.717, 1.165) is 55.3 Å². The number of ether oxygens (including phenoxy) is 1.